The average molecular weight is 122 g/mol. The first kappa shape index (κ1) is 9.73. The molecule has 0 saturated heterocycles. The second kappa shape index (κ2) is 5.53. The fraction of sp³-hybridized carbons (Fsp3) is 0. The minimum Gasteiger partial charge on any atom is -1.00 e. The SMILES string of the molecule is OB(O)Cl.[Ca+2].[H-].[H-]. The largest absolute Gasteiger partial charge is 2.00 e. The summed E-state index contributed by atoms with van der Waals surface area (Å²) < 4.78 is 0. The molecule has 0 unspecified atom stereocenters. The average Bonchev–Trinajstić information content (AvgIpc) is 0.811. The summed E-state index contributed by atoms with van der Waals surface area (Å²) in [6, 6.07) is 0. The topological polar surface area (TPSA) is 40.5 Å². The Morgan fingerprint density at radius 3 is 1.60 bits per heavy atom. The molecule has 0 saturated carbocycles. The van der Waals surface area contributed by atoms with Crippen LogP contribution in [0.2, 0.25) is 0 Å². The molecule has 5 heteroatoms. The van der Waals surface area contributed by atoms with Gasteiger partial charge in [0, 0.05) is 0 Å². The van der Waals surface area contributed by atoms with Crippen molar-refractivity contribution in [3.8, 4) is 0 Å². The van der Waals surface area contributed by atoms with Crippen molar-refractivity contribution in [2.75, 3.05) is 0 Å². The summed E-state index contributed by atoms with van der Waals surface area (Å²) in [6.07, 6.45) is 0. The van der Waals surface area contributed by atoms with Gasteiger partial charge in [-0.05, 0) is 0 Å². The molecule has 0 aliphatic rings. The summed E-state index contributed by atoms with van der Waals surface area (Å²) in [6.45, 7) is -1.69. The van der Waals surface area contributed by atoms with Crippen LogP contribution >= 0.6 is 11.5 Å². The van der Waals surface area contributed by atoms with E-state index in [1.54, 1.807) is 0 Å². The van der Waals surface area contributed by atoms with Crippen LogP contribution in [0.15, 0.2) is 0 Å². The molecule has 0 aliphatic carbocycles. The van der Waals surface area contributed by atoms with Crippen molar-refractivity contribution < 1.29 is 12.9 Å². The van der Waals surface area contributed by atoms with Gasteiger partial charge in [0.05, 0.1) is 0 Å². The van der Waals surface area contributed by atoms with E-state index in [-0.39, 0.29) is 40.6 Å². The molecule has 0 aromatic rings. The van der Waals surface area contributed by atoms with Crippen LogP contribution in [0.25, 0.3) is 0 Å². The summed E-state index contributed by atoms with van der Waals surface area (Å²) in [5.74, 6) is 0. The van der Waals surface area contributed by atoms with Crippen molar-refractivity contribution in [3.05, 3.63) is 0 Å². The van der Waals surface area contributed by atoms with Crippen molar-refractivity contribution in [2.45, 2.75) is 0 Å². The molecule has 0 amide bonds. The van der Waals surface area contributed by atoms with Crippen molar-refractivity contribution in [3.63, 3.8) is 0 Å². The first-order valence-corrected chi connectivity index (χ1v) is 1.17. The summed E-state index contributed by atoms with van der Waals surface area (Å²) in [5, 5.41) is 14.8. The van der Waals surface area contributed by atoms with Gasteiger partial charge in [0.2, 0.25) is 0 Å². The van der Waals surface area contributed by atoms with Gasteiger partial charge < -0.3 is 12.9 Å². The van der Waals surface area contributed by atoms with E-state index >= 15 is 0 Å². The number of halogens is 1. The van der Waals surface area contributed by atoms with E-state index < -0.39 is 6.53 Å². The minimum atomic E-state index is -1.69. The number of rotatable bonds is 0. The van der Waals surface area contributed by atoms with Crippen LogP contribution in [0.3, 0.4) is 0 Å². The van der Waals surface area contributed by atoms with Gasteiger partial charge >= 0.3 is 44.3 Å². The molecule has 0 bridgehead atoms. The van der Waals surface area contributed by atoms with Crippen molar-refractivity contribution in [2.24, 2.45) is 0 Å². The van der Waals surface area contributed by atoms with Crippen LogP contribution < -0.4 is 0 Å². The number of hydrogen-bond donors (Lipinski definition) is 2. The van der Waals surface area contributed by atoms with E-state index in [1.165, 1.54) is 0 Å². The molecule has 0 aromatic heterocycles. The fourth-order valence-corrected chi connectivity index (χ4v) is 0. The van der Waals surface area contributed by atoms with Crippen molar-refractivity contribution >= 4 is 55.7 Å². The molecule has 0 fully saturated rings. The maximum absolute atomic E-state index is 7.38. The molecule has 0 atom stereocenters. The molecule has 0 aromatic carbocycles. The van der Waals surface area contributed by atoms with Crippen LogP contribution in [0.4, 0.5) is 0 Å². The molecular formula is H4BCaClO2. The van der Waals surface area contributed by atoms with Crippen LogP contribution in [0.5, 0.6) is 0 Å². The zero-order valence-corrected chi connectivity index (χ0v) is 5.52. The van der Waals surface area contributed by atoms with Gasteiger partial charge in [0.15, 0.2) is 0 Å². The molecule has 28 valence electrons. The van der Waals surface area contributed by atoms with Gasteiger partial charge in [-0.25, -0.2) is 0 Å². The van der Waals surface area contributed by atoms with Gasteiger partial charge in [-0.1, -0.05) is 0 Å². The predicted molar refractivity (Wildman–Crippen MR) is 24.0 cm³/mol. The Kier molecular flexibility index (Phi) is 10.8. The zero-order chi connectivity index (χ0) is 3.58. The Labute approximate surface area is 68.2 Å². The molecular weight excluding hydrogens is 118 g/mol. The van der Waals surface area contributed by atoms with Crippen LogP contribution in [0, 0.1) is 0 Å². The normalized spacial score (nSPS) is 5.40. The van der Waals surface area contributed by atoms with Crippen LogP contribution in [0.1, 0.15) is 2.85 Å². The summed E-state index contributed by atoms with van der Waals surface area (Å²) in [7, 11) is 0. The third kappa shape index (κ3) is 29.4. The Hall–Kier alpha value is 1.53. The maximum Gasteiger partial charge on any atom is 2.00 e. The monoisotopic (exact) mass is 122 g/mol. The van der Waals surface area contributed by atoms with Crippen LogP contribution in [-0.4, -0.2) is 54.3 Å². The second-order valence-corrected chi connectivity index (χ2v) is 0.701. The zero-order valence-electron chi connectivity index (χ0n) is 4.56. The molecule has 2 nitrogen and oxygen atoms in total. The van der Waals surface area contributed by atoms with Crippen molar-refractivity contribution in [1.29, 1.82) is 0 Å². The third-order valence-electron chi connectivity index (χ3n) is 0. The Morgan fingerprint density at radius 1 is 1.60 bits per heavy atom. The van der Waals surface area contributed by atoms with Gasteiger partial charge in [0.25, 0.3) is 0 Å². The quantitative estimate of drug-likeness (QED) is 0.406. The standard InChI is InChI=1S/BClH2O2.Ca.2H/c2-1(3)4;;;/h3-4H;;;/q;+2;2*-1. The van der Waals surface area contributed by atoms with E-state index in [9.17, 15) is 0 Å². The van der Waals surface area contributed by atoms with Crippen molar-refractivity contribution in [1.82, 2.24) is 0 Å². The van der Waals surface area contributed by atoms with E-state index in [1.807, 2.05) is 0 Å². The first-order valence-electron chi connectivity index (χ1n) is 0.735. The van der Waals surface area contributed by atoms with Gasteiger partial charge in [0.1, 0.15) is 0 Å². The molecule has 0 heterocycles. The third-order valence-corrected chi connectivity index (χ3v) is 0. The molecule has 0 aliphatic heterocycles. The maximum atomic E-state index is 7.38. The van der Waals surface area contributed by atoms with E-state index in [2.05, 4.69) is 11.5 Å². The van der Waals surface area contributed by atoms with Gasteiger partial charge in [-0.15, -0.1) is 11.5 Å². The van der Waals surface area contributed by atoms with Crippen LogP contribution in [-0.2, 0) is 0 Å². The second-order valence-electron chi connectivity index (χ2n) is 0.311. The fourth-order valence-electron chi connectivity index (χ4n) is 0. The minimum absolute atomic E-state index is 0. The smallest absolute Gasteiger partial charge is 1.00 e. The Balaban J connectivity index is -0.0000000150. The molecule has 2 N–H and O–H groups in total. The molecule has 0 rings (SSSR count). The molecule has 0 radical (unpaired) electrons. The summed E-state index contributed by atoms with van der Waals surface area (Å²) >= 11 is 4.39. The number of hydrogen-bond acceptors (Lipinski definition) is 2. The van der Waals surface area contributed by atoms with Gasteiger partial charge in [-0.3, -0.25) is 0 Å². The van der Waals surface area contributed by atoms with Gasteiger partial charge in [-0.2, -0.15) is 0 Å². The molecule has 5 heavy (non-hydrogen) atoms. The summed E-state index contributed by atoms with van der Waals surface area (Å²) in [4.78, 5) is 0. The molecule has 0 spiro atoms. The predicted octanol–water partition coefficient (Wildman–Crippen LogP) is -0.961. The Bertz CT molecular complexity index is 20.4. The Morgan fingerprint density at radius 2 is 1.60 bits per heavy atom. The summed E-state index contributed by atoms with van der Waals surface area (Å²) in [5.41, 5.74) is 0. The van der Waals surface area contributed by atoms with E-state index in [0.717, 1.165) is 0 Å². The first-order chi connectivity index (χ1) is 1.73. The van der Waals surface area contributed by atoms with E-state index in [4.69, 9.17) is 10.0 Å². The van der Waals surface area contributed by atoms with E-state index in [0.29, 0.717) is 0 Å².